The second-order valence-corrected chi connectivity index (χ2v) is 8.10. The number of carbonyl (C=O) groups excluding carboxylic acids is 2. The highest BCUT2D eigenvalue weighted by atomic mass is 16.5. The van der Waals surface area contributed by atoms with E-state index in [1.165, 1.54) is 0 Å². The van der Waals surface area contributed by atoms with Gasteiger partial charge in [0, 0.05) is 42.8 Å². The van der Waals surface area contributed by atoms with Crippen LogP contribution in [0.25, 0.3) is 11.0 Å². The minimum atomic E-state index is -0.434. The minimum Gasteiger partial charge on any atom is -0.497 e. The van der Waals surface area contributed by atoms with Crippen LogP contribution in [0.4, 0.5) is 5.69 Å². The fourth-order valence-electron chi connectivity index (χ4n) is 3.92. The number of hydrogen-bond donors (Lipinski definition) is 0. The van der Waals surface area contributed by atoms with Gasteiger partial charge in [-0.2, -0.15) is 0 Å². The lowest BCUT2D eigenvalue weighted by Crippen LogP contribution is -2.49. The van der Waals surface area contributed by atoms with E-state index in [-0.39, 0.29) is 18.9 Å². The predicted octanol–water partition coefficient (Wildman–Crippen LogP) is 3.49. The van der Waals surface area contributed by atoms with Crippen molar-refractivity contribution in [1.29, 1.82) is 0 Å². The molecule has 0 spiro atoms. The zero-order chi connectivity index (χ0) is 22.7. The van der Waals surface area contributed by atoms with Crippen molar-refractivity contribution < 1.29 is 23.5 Å². The summed E-state index contributed by atoms with van der Waals surface area (Å²) in [5, 5.41) is 0.908. The third-order valence-corrected chi connectivity index (χ3v) is 6.03. The molecule has 1 aromatic heterocycles. The molecule has 2 heterocycles. The molecular formula is C25H28N2O5. The number of amides is 1. The molecule has 3 aromatic rings. The minimum absolute atomic E-state index is 0.0774. The molecule has 7 heteroatoms. The zero-order valence-electron chi connectivity index (χ0n) is 18.7. The molecule has 7 nitrogen and oxygen atoms in total. The monoisotopic (exact) mass is 436 g/mol. The molecule has 0 aliphatic carbocycles. The smallest absolute Gasteiger partial charge is 0.310 e. The van der Waals surface area contributed by atoms with Gasteiger partial charge in [-0.3, -0.25) is 9.59 Å². The molecule has 168 valence electrons. The molecule has 2 aromatic carbocycles. The first-order valence-corrected chi connectivity index (χ1v) is 10.7. The summed E-state index contributed by atoms with van der Waals surface area (Å²) in [4.78, 5) is 28.8. The fraction of sp³-hybridized carbons (Fsp3) is 0.360. The number of anilines is 1. The molecule has 1 fully saturated rings. The van der Waals surface area contributed by atoms with Crippen LogP contribution in [0.5, 0.6) is 5.75 Å². The average Bonchev–Trinajstić information content (AvgIpc) is 3.19. The Kier molecular flexibility index (Phi) is 6.35. The summed E-state index contributed by atoms with van der Waals surface area (Å²) in [6, 6.07) is 11.9. The van der Waals surface area contributed by atoms with Crippen LogP contribution in [0.15, 0.2) is 47.1 Å². The van der Waals surface area contributed by atoms with Crippen molar-refractivity contribution in [3.8, 4) is 5.75 Å². The lowest BCUT2D eigenvalue weighted by atomic mass is 10.0. The van der Waals surface area contributed by atoms with Gasteiger partial charge in [0.15, 0.2) is 6.61 Å². The van der Waals surface area contributed by atoms with Crippen LogP contribution in [0, 0.1) is 13.8 Å². The number of esters is 1. The number of hydrogen-bond acceptors (Lipinski definition) is 6. The Labute approximate surface area is 187 Å². The van der Waals surface area contributed by atoms with Crippen molar-refractivity contribution >= 4 is 28.5 Å². The van der Waals surface area contributed by atoms with E-state index in [0.717, 1.165) is 52.2 Å². The normalized spacial score (nSPS) is 14.0. The van der Waals surface area contributed by atoms with Crippen LogP contribution in [0.3, 0.4) is 0 Å². The summed E-state index contributed by atoms with van der Waals surface area (Å²) in [6.45, 7) is 6.44. The van der Waals surface area contributed by atoms with Gasteiger partial charge in [0.25, 0.3) is 5.91 Å². The van der Waals surface area contributed by atoms with E-state index in [4.69, 9.17) is 13.9 Å². The quantitative estimate of drug-likeness (QED) is 0.551. The molecule has 1 aliphatic heterocycles. The lowest BCUT2D eigenvalue weighted by Gasteiger charge is -2.36. The topological polar surface area (TPSA) is 72.2 Å². The van der Waals surface area contributed by atoms with E-state index in [1.807, 2.05) is 50.2 Å². The van der Waals surface area contributed by atoms with Crippen LogP contribution in [0.2, 0.25) is 0 Å². The Bertz CT molecular complexity index is 1110. The zero-order valence-corrected chi connectivity index (χ0v) is 18.7. The number of rotatable bonds is 6. The van der Waals surface area contributed by atoms with Crippen molar-refractivity contribution in [2.24, 2.45) is 0 Å². The van der Waals surface area contributed by atoms with Crippen LogP contribution < -0.4 is 9.64 Å². The van der Waals surface area contributed by atoms with E-state index in [2.05, 4.69) is 4.90 Å². The van der Waals surface area contributed by atoms with Gasteiger partial charge in [0.1, 0.15) is 11.3 Å². The largest absolute Gasteiger partial charge is 0.497 e. The van der Waals surface area contributed by atoms with E-state index in [9.17, 15) is 9.59 Å². The van der Waals surface area contributed by atoms with E-state index < -0.39 is 5.97 Å². The summed E-state index contributed by atoms with van der Waals surface area (Å²) in [6.07, 6.45) is 1.67. The lowest BCUT2D eigenvalue weighted by molar-refractivity contribution is -0.151. The number of aryl methyl sites for hydroxylation is 2. The third-order valence-electron chi connectivity index (χ3n) is 6.03. The fourth-order valence-corrected chi connectivity index (χ4v) is 3.92. The third kappa shape index (κ3) is 4.72. The summed E-state index contributed by atoms with van der Waals surface area (Å²) >= 11 is 0. The van der Waals surface area contributed by atoms with E-state index >= 15 is 0 Å². The Hall–Kier alpha value is -3.48. The number of fused-ring (bicyclic) bond motifs is 1. The highest BCUT2D eigenvalue weighted by molar-refractivity contribution is 5.87. The Morgan fingerprint density at radius 1 is 1.00 bits per heavy atom. The SMILES string of the molecule is COc1ccc(N2CCN(C(=O)COC(=O)Cc3coc4cc(C)c(C)cc34)CC2)cc1. The number of furan rings is 1. The van der Waals surface area contributed by atoms with Crippen molar-refractivity contribution in [2.45, 2.75) is 20.3 Å². The molecule has 0 radical (unpaired) electrons. The van der Waals surface area contributed by atoms with Crippen LogP contribution >= 0.6 is 0 Å². The summed E-state index contributed by atoms with van der Waals surface area (Å²) < 4.78 is 16.0. The summed E-state index contributed by atoms with van der Waals surface area (Å²) in [5.74, 6) is 0.213. The van der Waals surface area contributed by atoms with Gasteiger partial charge in [0.2, 0.25) is 0 Å². The highest BCUT2D eigenvalue weighted by Crippen LogP contribution is 2.25. The standard InChI is InChI=1S/C25H28N2O5/c1-17-12-22-19(15-31-23(22)13-18(17)2)14-25(29)32-16-24(28)27-10-8-26(9-11-27)20-4-6-21(30-3)7-5-20/h4-7,12-13,15H,8-11,14,16H2,1-3H3. The molecule has 0 atom stereocenters. The first-order valence-electron chi connectivity index (χ1n) is 10.7. The molecule has 0 unspecified atom stereocenters. The molecule has 32 heavy (non-hydrogen) atoms. The van der Waals surface area contributed by atoms with Crippen LogP contribution in [0.1, 0.15) is 16.7 Å². The molecule has 1 aliphatic rings. The molecule has 0 bridgehead atoms. The maximum atomic E-state index is 12.5. The Balaban J connectivity index is 1.26. The van der Waals surface area contributed by atoms with E-state index in [0.29, 0.717) is 13.1 Å². The molecule has 4 rings (SSSR count). The Morgan fingerprint density at radius 3 is 2.38 bits per heavy atom. The van der Waals surface area contributed by atoms with Crippen LogP contribution in [-0.2, 0) is 20.7 Å². The van der Waals surface area contributed by atoms with Gasteiger partial charge in [0.05, 0.1) is 19.8 Å². The summed E-state index contributed by atoms with van der Waals surface area (Å²) in [5.41, 5.74) is 4.90. The number of piperazine rings is 1. The van der Waals surface area contributed by atoms with Gasteiger partial charge >= 0.3 is 5.97 Å². The van der Waals surface area contributed by atoms with Crippen molar-refractivity contribution in [1.82, 2.24) is 4.90 Å². The van der Waals surface area contributed by atoms with Gasteiger partial charge in [-0.15, -0.1) is 0 Å². The predicted molar refractivity (Wildman–Crippen MR) is 122 cm³/mol. The number of benzene rings is 2. The molecule has 0 N–H and O–H groups in total. The number of nitrogens with zero attached hydrogens (tertiary/aromatic N) is 2. The average molecular weight is 437 g/mol. The second-order valence-electron chi connectivity index (χ2n) is 8.10. The summed E-state index contributed by atoms with van der Waals surface area (Å²) in [7, 11) is 1.64. The van der Waals surface area contributed by atoms with Gasteiger partial charge in [-0.25, -0.2) is 0 Å². The first kappa shape index (κ1) is 21.7. The molecular weight excluding hydrogens is 408 g/mol. The molecule has 1 amide bonds. The Morgan fingerprint density at radius 2 is 1.69 bits per heavy atom. The maximum Gasteiger partial charge on any atom is 0.310 e. The van der Waals surface area contributed by atoms with Gasteiger partial charge in [-0.05, 0) is 61.4 Å². The van der Waals surface area contributed by atoms with Gasteiger partial charge in [-0.1, -0.05) is 0 Å². The van der Waals surface area contributed by atoms with Crippen molar-refractivity contribution in [3.63, 3.8) is 0 Å². The van der Waals surface area contributed by atoms with E-state index in [1.54, 1.807) is 18.3 Å². The molecule has 1 saturated heterocycles. The van der Waals surface area contributed by atoms with Gasteiger partial charge < -0.3 is 23.7 Å². The van der Waals surface area contributed by atoms with Crippen molar-refractivity contribution in [3.05, 3.63) is 59.4 Å². The molecule has 0 saturated carbocycles. The highest BCUT2D eigenvalue weighted by Gasteiger charge is 2.22. The van der Waals surface area contributed by atoms with Crippen LogP contribution in [-0.4, -0.2) is 56.7 Å². The van der Waals surface area contributed by atoms with Crippen molar-refractivity contribution in [2.75, 3.05) is 44.8 Å². The second kappa shape index (κ2) is 9.34. The number of ether oxygens (including phenoxy) is 2. The number of carbonyl (C=O) groups is 2. The first-order chi connectivity index (χ1) is 15.4. The number of methoxy groups -OCH3 is 1. The maximum absolute atomic E-state index is 12.5.